The lowest BCUT2D eigenvalue weighted by Crippen LogP contribution is -2.36. The third-order valence-corrected chi connectivity index (χ3v) is 3.86. The summed E-state index contributed by atoms with van der Waals surface area (Å²) >= 11 is 0. The van der Waals surface area contributed by atoms with Gasteiger partial charge in [0, 0.05) is 6.04 Å². The van der Waals surface area contributed by atoms with Crippen LogP contribution >= 0.6 is 0 Å². The first-order chi connectivity index (χ1) is 8.56. The van der Waals surface area contributed by atoms with Gasteiger partial charge in [-0.15, -0.1) is 0 Å². The fourth-order valence-electron chi connectivity index (χ4n) is 2.59. The molecule has 0 bridgehead atoms. The van der Waals surface area contributed by atoms with Gasteiger partial charge < -0.3 is 10.5 Å². The molecule has 2 N–H and O–H groups in total. The van der Waals surface area contributed by atoms with Crippen molar-refractivity contribution in [2.24, 2.45) is 5.73 Å². The van der Waals surface area contributed by atoms with Gasteiger partial charge in [-0.1, -0.05) is 38.1 Å². The van der Waals surface area contributed by atoms with E-state index in [4.69, 9.17) is 10.5 Å². The molecule has 0 saturated carbocycles. The number of hydrogen-bond acceptors (Lipinski definition) is 2. The standard InChI is InChI=1S/C16H25NO/c1-11(2)14-7-5-13(6-8-14)10-15(17)16-9-4-12(3)18-16/h5-8,11-12,15-16H,4,9-10,17H2,1-3H3. The Kier molecular flexibility index (Phi) is 4.41. The summed E-state index contributed by atoms with van der Waals surface area (Å²) in [6.07, 6.45) is 3.78. The summed E-state index contributed by atoms with van der Waals surface area (Å²) in [6.45, 7) is 6.56. The number of nitrogens with two attached hydrogens (primary N) is 1. The second-order valence-electron chi connectivity index (χ2n) is 5.83. The van der Waals surface area contributed by atoms with Crippen molar-refractivity contribution in [1.82, 2.24) is 0 Å². The fourth-order valence-corrected chi connectivity index (χ4v) is 2.59. The van der Waals surface area contributed by atoms with Crippen molar-refractivity contribution in [2.45, 2.75) is 64.2 Å². The van der Waals surface area contributed by atoms with Crippen LogP contribution in [0.2, 0.25) is 0 Å². The van der Waals surface area contributed by atoms with Crippen LogP contribution in [0, 0.1) is 0 Å². The van der Waals surface area contributed by atoms with Gasteiger partial charge in [0.15, 0.2) is 0 Å². The first-order valence-corrected chi connectivity index (χ1v) is 7.06. The maximum atomic E-state index is 6.25. The molecule has 1 fully saturated rings. The van der Waals surface area contributed by atoms with E-state index in [1.807, 2.05) is 0 Å². The van der Waals surface area contributed by atoms with Crippen LogP contribution in [0.1, 0.15) is 50.7 Å². The number of benzene rings is 1. The molecule has 0 aliphatic carbocycles. The smallest absolute Gasteiger partial charge is 0.0733 e. The Morgan fingerprint density at radius 2 is 1.89 bits per heavy atom. The molecule has 0 aromatic heterocycles. The van der Waals surface area contributed by atoms with E-state index in [2.05, 4.69) is 45.0 Å². The van der Waals surface area contributed by atoms with Crippen molar-refractivity contribution >= 4 is 0 Å². The molecular formula is C16H25NO. The second kappa shape index (κ2) is 5.85. The van der Waals surface area contributed by atoms with Gasteiger partial charge in [-0.25, -0.2) is 0 Å². The van der Waals surface area contributed by atoms with Crippen LogP contribution in [0.3, 0.4) is 0 Å². The van der Waals surface area contributed by atoms with Crippen molar-refractivity contribution in [3.8, 4) is 0 Å². The summed E-state index contributed by atoms with van der Waals surface area (Å²) in [5.74, 6) is 0.590. The molecule has 1 heterocycles. The Bertz CT molecular complexity index is 371. The van der Waals surface area contributed by atoms with Crippen LogP contribution in [0.25, 0.3) is 0 Å². The molecule has 2 heteroatoms. The van der Waals surface area contributed by atoms with Gasteiger partial charge in [0.2, 0.25) is 0 Å². The summed E-state index contributed by atoms with van der Waals surface area (Å²) in [4.78, 5) is 0. The summed E-state index contributed by atoms with van der Waals surface area (Å²) < 4.78 is 5.83. The third-order valence-electron chi connectivity index (χ3n) is 3.86. The molecule has 1 aliphatic heterocycles. The third kappa shape index (κ3) is 3.33. The van der Waals surface area contributed by atoms with E-state index >= 15 is 0 Å². The van der Waals surface area contributed by atoms with Crippen molar-refractivity contribution in [2.75, 3.05) is 0 Å². The Hall–Kier alpha value is -0.860. The fraction of sp³-hybridized carbons (Fsp3) is 0.625. The molecule has 0 spiro atoms. The van der Waals surface area contributed by atoms with E-state index in [9.17, 15) is 0 Å². The highest BCUT2D eigenvalue weighted by atomic mass is 16.5. The summed E-state index contributed by atoms with van der Waals surface area (Å²) in [7, 11) is 0. The van der Waals surface area contributed by atoms with E-state index in [0.717, 1.165) is 19.3 Å². The lowest BCUT2D eigenvalue weighted by atomic mass is 9.97. The lowest BCUT2D eigenvalue weighted by Gasteiger charge is -2.19. The van der Waals surface area contributed by atoms with Crippen LogP contribution < -0.4 is 5.73 Å². The van der Waals surface area contributed by atoms with Crippen LogP contribution in [-0.4, -0.2) is 18.2 Å². The van der Waals surface area contributed by atoms with Crippen LogP contribution in [0.15, 0.2) is 24.3 Å². The van der Waals surface area contributed by atoms with E-state index in [0.29, 0.717) is 12.0 Å². The lowest BCUT2D eigenvalue weighted by molar-refractivity contribution is 0.0404. The highest BCUT2D eigenvalue weighted by molar-refractivity contribution is 5.25. The summed E-state index contributed by atoms with van der Waals surface area (Å²) in [6, 6.07) is 8.96. The average Bonchev–Trinajstić information content (AvgIpc) is 2.76. The SMILES string of the molecule is CC1CCC(C(N)Cc2ccc(C(C)C)cc2)O1. The topological polar surface area (TPSA) is 35.2 Å². The zero-order valence-electron chi connectivity index (χ0n) is 11.7. The van der Waals surface area contributed by atoms with Crippen molar-refractivity contribution in [3.05, 3.63) is 35.4 Å². The van der Waals surface area contributed by atoms with Gasteiger partial charge in [-0.05, 0) is 43.2 Å². The zero-order valence-corrected chi connectivity index (χ0v) is 11.7. The van der Waals surface area contributed by atoms with Crippen LogP contribution in [-0.2, 0) is 11.2 Å². The predicted molar refractivity (Wildman–Crippen MR) is 75.8 cm³/mol. The highest BCUT2D eigenvalue weighted by Crippen LogP contribution is 2.23. The molecule has 3 atom stereocenters. The molecule has 2 rings (SSSR count). The Balaban J connectivity index is 1.92. The van der Waals surface area contributed by atoms with Crippen molar-refractivity contribution in [3.63, 3.8) is 0 Å². The van der Waals surface area contributed by atoms with Gasteiger partial charge in [-0.2, -0.15) is 0 Å². The maximum Gasteiger partial charge on any atom is 0.0733 e. The Labute approximate surface area is 111 Å². The largest absolute Gasteiger partial charge is 0.374 e. The molecule has 3 unspecified atom stereocenters. The quantitative estimate of drug-likeness (QED) is 0.886. The van der Waals surface area contributed by atoms with Gasteiger partial charge in [-0.3, -0.25) is 0 Å². The molecule has 0 radical (unpaired) electrons. The highest BCUT2D eigenvalue weighted by Gasteiger charge is 2.27. The monoisotopic (exact) mass is 247 g/mol. The van der Waals surface area contributed by atoms with E-state index < -0.39 is 0 Å². The van der Waals surface area contributed by atoms with E-state index in [-0.39, 0.29) is 12.1 Å². The molecular weight excluding hydrogens is 222 g/mol. The second-order valence-corrected chi connectivity index (χ2v) is 5.83. The zero-order chi connectivity index (χ0) is 13.1. The maximum absolute atomic E-state index is 6.25. The van der Waals surface area contributed by atoms with E-state index in [1.165, 1.54) is 11.1 Å². The van der Waals surface area contributed by atoms with Crippen LogP contribution in [0.4, 0.5) is 0 Å². The van der Waals surface area contributed by atoms with Crippen molar-refractivity contribution in [1.29, 1.82) is 0 Å². The molecule has 100 valence electrons. The first kappa shape index (κ1) is 13.6. The van der Waals surface area contributed by atoms with E-state index in [1.54, 1.807) is 0 Å². The molecule has 0 amide bonds. The Morgan fingerprint density at radius 1 is 1.22 bits per heavy atom. The Morgan fingerprint density at radius 3 is 2.39 bits per heavy atom. The van der Waals surface area contributed by atoms with Gasteiger partial charge in [0.25, 0.3) is 0 Å². The molecule has 18 heavy (non-hydrogen) atoms. The number of hydrogen-bond donors (Lipinski definition) is 1. The molecule has 1 aromatic carbocycles. The minimum Gasteiger partial charge on any atom is -0.374 e. The van der Waals surface area contributed by atoms with Gasteiger partial charge in [0.05, 0.1) is 12.2 Å². The van der Waals surface area contributed by atoms with Gasteiger partial charge in [0.1, 0.15) is 0 Å². The normalized spacial score (nSPS) is 25.6. The number of ether oxygens (including phenoxy) is 1. The molecule has 1 aliphatic rings. The predicted octanol–water partition coefficient (Wildman–Crippen LogP) is 3.25. The van der Waals surface area contributed by atoms with Crippen molar-refractivity contribution < 1.29 is 4.74 Å². The minimum atomic E-state index is 0.125. The van der Waals surface area contributed by atoms with Gasteiger partial charge >= 0.3 is 0 Å². The summed E-state index contributed by atoms with van der Waals surface area (Å²) in [5.41, 5.74) is 8.95. The molecule has 1 aromatic rings. The molecule has 2 nitrogen and oxygen atoms in total. The molecule has 1 saturated heterocycles. The first-order valence-electron chi connectivity index (χ1n) is 7.06. The summed E-state index contributed by atoms with van der Waals surface area (Å²) in [5, 5.41) is 0. The average molecular weight is 247 g/mol. The van der Waals surface area contributed by atoms with Crippen LogP contribution in [0.5, 0.6) is 0 Å². The number of rotatable bonds is 4. The minimum absolute atomic E-state index is 0.125.